The molecule has 2 aromatic carbocycles. The number of hydrogen-bond acceptors (Lipinski definition) is 5. The van der Waals surface area contributed by atoms with Gasteiger partial charge in [-0.15, -0.1) is 0 Å². The molecule has 0 aliphatic heterocycles. The monoisotopic (exact) mass is 360 g/mol. The molecule has 0 aliphatic rings. The first-order valence-corrected chi connectivity index (χ1v) is 8.43. The lowest BCUT2D eigenvalue weighted by molar-refractivity contribution is 0.0693. The fourth-order valence-electron chi connectivity index (χ4n) is 2.73. The summed E-state index contributed by atoms with van der Waals surface area (Å²) >= 11 is 0. The molecule has 0 bridgehead atoms. The van der Waals surface area contributed by atoms with Crippen molar-refractivity contribution in [3.8, 4) is 23.0 Å². The van der Waals surface area contributed by atoms with E-state index in [1.807, 2.05) is 25.1 Å². The van der Waals surface area contributed by atoms with Crippen molar-refractivity contribution in [2.24, 2.45) is 0 Å². The summed E-state index contributed by atoms with van der Waals surface area (Å²) in [6.45, 7) is 2.35. The number of methoxy groups -OCH3 is 2. The minimum atomic E-state index is -1.16. The molecule has 0 saturated carbocycles. The smallest absolute Gasteiger partial charge is 0.339 e. The molecule has 0 heterocycles. The fourth-order valence-corrected chi connectivity index (χ4v) is 2.73. The molecule has 140 valence electrons. The number of carboxylic acids is 1. The molecule has 0 aromatic heterocycles. The largest absolute Gasteiger partial charge is 0.507 e. The number of aromatic hydroxyl groups is 1. The summed E-state index contributed by atoms with van der Waals surface area (Å²) in [5.74, 6) is 0.450. The zero-order chi connectivity index (χ0) is 19.1. The maximum Gasteiger partial charge on any atom is 0.339 e. The molecule has 26 heavy (non-hydrogen) atoms. The summed E-state index contributed by atoms with van der Waals surface area (Å²) in [5, 5.41) is 19.4. The zero-order valence-corrected chi connectivity index (χ0v) is 15.2. The van der Waals surface area contributed by atoms with Gasteiger partial charge in [-0.3, -0.25) is 0 Å². The predicted octanol–water partition coefficient (Wildman–Crippen LogP) is 3.68. The third kappa shape index (κ3) is 4.39. The lowest BCUT2D eigenvalue weighted by Gasteiger charge is -2.15. The molecule has 0 radical (unpaired) electrons. The van der Waals surface area contributed by atoms with E-state index in [0.29, 0.717) is 42.3 Å². The third-order valence-electron chi connectivity index (χ3n) is 4.07. The number of benzene rings is 2. The van der Waals surface area contributed by atoms with Crippen molar-refractivity contribution >= 4 is 5.97 Å². The van der Waals surface area contributed by atoms with E-state index in [1.165, 1.54) is 6.07 Å². The molecule has 2 rings (SSSR count). The number of ether oxygens (including phenoxy) is 3. The first kappa shape index (κ1) is 19.4. The van der Waals surface area contributed by atoms with Crippen LogP contribution in [0.25, 0.3) is 0 Å². The van der Waals surface area contributed by atoms with Crippen molar-refractivity contribution in [1.29, 1.82) is 0 Å². The van der Waals surface area contributed by atoms with E-state index in [2.05, 4.69) is 0 Å². The molecule has 6 nitrogen and oxygen atoms in total. The van der Waals surface area contributed by atoms with E-state index < -0.39 is 5.97 Å². The lowest BCUT2D eigenvalue weighted by atomic mass is 10.0. The third-order valence-corrected chi connectivity index (χ3v) is 4.07. The van der Waals surface area contributed by atoms with Crippen LogP contribution in [0.4, 0.5) is 0 Å². The van der Waals surface area contributed by atoms with Crippen molar-refractivity contribution in [3.63, 3.8) is 0 Å². The Bertz CT molecular complexity index is 769. The zero-order valence-electron chi connectivity index (χ0n) is 15.2. The Morgan fingerprint density at radius 1 is 1.00 bits per heavy atom. The Hall–Kier alpha value is -2.89. The summed E-state index contributed by atoms with van der Waals surface area (Å²) in [5.41, 5.74) is 1.44. The Balaban J connectivity index is 2.12. The normalized spacial score (nSPS) is 10.4. The molecular weight excluding hydrogens is 336 g/mol. The van der Waals surface area contributed by atoms with Crippen molar-refractivity contribution in [2.75, 3.05) is 20.8 Å². The molecule has 0 fully saturated rings. The molecule has 6 heteroatoms. The highest BCUT2D eigenvalue weighted by Gasteiger charge is 2.17. The van der Waals surface area contributed by atoms with Crippen molar-refractivity contribution < 1.29 is 29.2 Å². The minimum absolute atomic E-state index is 0.110. The van der Waals surface area contributed by atoms with Gasteiger partial charge in [0.05, 0.1) is 20.8 Å². The van der Waals surface area contributed by atoms with E-state index in [1.54, 1.807) is 20.3 Å². The number of aromatic carboxylic acids is 1. The van der Waals surface area contributed by atoms with Crippen LogP contribution in [0.3, 0.4) is 0 Å². The van der Waals surface area contributed by atoms with Gasteiger partial charge in [0.2, 0.25) is 0 Å². The van der Waals surface area contributed by atoms with E-state index in [4.69, 9.17) is 19.3 Å². The number of carboxylic acid groups (broad SMARTS) is 1. The van der Waals surface area contributed by atoms with Gasteiger partial charge in [0.15, 0.2) is 11.5 Å². The van der Waals surface area contributed by atoms with Crippen LogP contribution in [-0.4, -0.2) is 37.0 Å². The van der Waals surface area contributed by atoms with Crippen LogP contribution < -0.4 is 14.2 Å². The fraction of sp³-hybridized carbons (Fsp3) is 0.350. The molecule has 0 aliphatic carbocycles. The minimum Gasteiger partial charge on any atom is -0.507 e. The highest BCUT2D eigenvalue weighted by atomic mass is 16.5. The number of hydrogen-bond donors (Lipinski definition) is 2. The predicted molar refractivity (Wildman–Crippen MR) is 97.8 cm³/mol. The summed E-state index contributed by atoms with van der Waals surface area (Å²) in [4.78, 5) is 11.2. The first-order valence-electron chi connectivity index (χ1n) is 8.43. The van der Waals surface area contributed by atoms with Crippen LogP contribution in [0, 0.1) is 0 Å². The molecular formula is C20H24O6. The van der Waals surface area contributed by atoms with Crippen LogP contribution in [0.2, 0.25) is 0 Å². The Morgan fingerprint density at radius 2 is 1.69 bits per heavy atom. The number of phenols is 1. The van der Waals surface area contributed by atoms with Crippen molar-refractivity contribution in [1.82, 2.24) is 0 Å². The summed E-state index contributed by atoms with van der Waals surface area (Å²) in [6, 6.07) is 8.62. The van der Waals surface area contributed by atoms with Crippen LogP contribution in [-0.2, 0) is 12.8 Å². The Morgan fingerprint density at radius 3 is 2.31 bits per heavy atom. The SMILES string of the molecule is CCCc1c(OCCc2ccc(OC)c(OC)c2)ccc(C(=O)O)c1O. The van der Waals surface area contributed by atoms with Gasteiger partial charge < -0.3 is 24.4 Å². The molecule has 2 aromatic rings. The Labute approximate surface area is 152 Å². The summed E-state index contributed by atoms with van der Waals surface area (Å²) in [6.07, 6.45) is 1.94. The second-order valence-corrected chi connectivity index (χ2v) is 5.78. The molecule has 0 saturated heterocycles. The van der Waals surface area contributed by atoms with Gasteiger partial charge in [0.25, 0.3) is 0 Å². The molecule has 0 unspecified atom stereocenters. The van der Waals surface area contributed by atoms with E-state index >= 15 is 0 Å². The molecule has 0 amide bonds. The average Bonchev–Trinajstić information content (AvgIpc) is 2.64. The van der Waals surface area contributed by atoms with Gasteiger partial charge in [-0.1, -0.05) is 19.4 Å². The topological polar surface area (TPSA) is 85.2 Å². The van der Waals surface area contributed by atoms with Gasteiger partial charge >= 0.3 is 5.97 Å². The molecule has 0 spiro atoms. The van der Waals surface area contributed by atoms with Gasteiger partial charge in [0.1, 0.15) is 17.1 Å². The van der Waals surface area contributed by atoms with E-state index in [0.717, 1.165) is 12.0 Å². The van der Waals surface area contributed by atoms with Crippen LogP contribution in [0.15, 0.2) is 30.3 Å². The quantitative estimate of drug-likeness (QED) is 0.709. The summed E-state index contributed by atoms with van der Waals surface area (Å²) in [7, 11) is 3.17. The molecule has 2 N–H and O–H groups in total. The van der Waals surface area contributed by atoms with Crippen LogP contribution >= 0.6 is 0 Å². The van der Waals surface area contributed by atoms with E-state index in [9.17, 15) is 9.90 Å². The maximum atomic E-state index is 11.2. The Kier molecular flexibility index (Phi) is 6.72. The van der Waals surface area contributed by atoms with Gasteiger partial charge in [-0.2, -0.15) is 0 Å². The maximum absolute atomic E-state index is 11.2. The number of rotatable bonds is 9. The standard InChI is InChI=1S/C20H24O6/c1-4-5-14-16(9-7-15(19(14)21)20(22)23)26-11-10-13-6-8-17(24-2)18(12-13)25-3/h6-9,12,21H,4-5,10-11H2,1-3H3,(H,22,23). The number of carbonyl (C=O) groups is 1. The van der Waals surface area contributed by atoms with Gasteiger partial charge in [-0.25, -0.2) is 4.79 Å². The lowest BCUT2D eigenvalue weighted by Crippen LogP contribution is -2.06. The van der Waals surface area contributed by atoms with Crippen LogP contribution in [0.1, 0.15) is 34.8 Å². The van der Waals surface area contributed by atoms with E-state index in [-0.39, 0.29) is 11.3 Å². The van der Waals surface area contributed by atoms with Gasteiger partial charge in [-0.05, 0) is 36.2 Å². The highest BCUT2D eigenvalue weighted by Crippen LogP contribution is 2.33. The second-order valence-electron chi connectivity index (χ2n) is 5.78. The molecule has 0 atom stereocenters. The van der Waals surface area contributed by atoms with Crippen LogP contribution in [0.5, 0.6) is 23.0 Å². The van der Waals surface area contributed by atoms with Crippen molar-refractivity contribution in [2.45, 2.75) is 26.2 Å². The summed E-state index contributed by atoms with van der Waals surface area (Å²) < 4.78 is 16.3. The van der Waals surface area contributed by atoms with Crippen molar-refractivity contribution in [3.05, 3.63) is 47.0 Å². The first-order chi connectivity index (χ1) is 12.5. The van der Waals surface area contributed by atoms with Gasteiger partial charge in [0, 0.05) is 12.0 Å². The second kappa shape index (κ2) is 8.99. The average molecular weight is 360 g/mol. The highest BCUT2D eigenvalue weighted by molar-refractivity contribution is 5.91.